The molecule has 0 saturated carbocycles. The zero-order valence-electron chi connectivity index (χ0n) is 7.19. The van der Waals surface area contributed by atoms with E-state index in [1.807, 2.05) is 0 Å². The normalized spacial score (nSPS) is 16.5. The van der Waals surface area contributed by atoms with E-state index in [9.17, 15) is 34.8 Å². The molecule has 0 radical (unpaired) electrons. The molecular weight excluding hydrogens is 254 g/mol. The van der Waals surface area contributed by atoms with Crippen LogP contribution < -0.4 is 0 Å². The van der Waals surface area contributed by atoms with E-state index in [0.29, 0.717) is 6.92 Å². The highest BCUT2D eigenvalue weighted by Crippen LogP contribution is 2.29. The Kier molecular flexibility index (Phi) is 4.02. The highest BCUT2D eigenvalue weighted by atomic mass is 32.2. The Balaban J connectivity index is 4.54. The lowest BCUT2D eigenvalue weighted by Gasteiger charge is -2.15. The summed E-state index contributed by atoms with van der Waals surface area (Å²) in [7, 11) is -5.27. The molecule has 3 nitrogen and oxygen atoms in total. The van der Waals surface area contributed by atoms with Crippen LogP contribution in [0.1, 0.15) is 6.92 Å². The number of alkyl halides is 6. The van der Waals surface area contributed by atoms with E-state index >= 15 is 0 Å². The van der Waals surface area contributed by atoms with Crippen LogP contribution in [0.3, 0.4) is 0 Å². The Labute approximate surface area is 81.1 Å². The number of hydrogen-bond donors (Lipinski definition) is 0. The number of hydrogen-bond acceptors (Lipinski definition) is 3. The van der Waals surface area contributed by atoms with Crippen molar-refractivity contribution in [3.63, 3.8) is 0 Å². The van der Waals surface area contributed by atoms with E-state index in [0.717, 1.165) is 0 Å². The van der Waals surface area contributed by atoms with Crippen molar-refractivity contribution in [2.75, 3.05) is 5.75 Å². The van der Waals surface area contributed by atoms with Crippen molar-refractivity contribution in [3.8, 4) is 0 Å². The van der Waals surface area contributed by atoms with Crippen LogP contribution in [-0.4, -0.2) is 26.7 Å². The third kappa shape index (κ3) is 6.55. The predicted molar refractivity (Wildman–Crippen MR) is 36.1 cm³/mol. The highest BCUT2D eigenvalue weighted by Gasteiger charge is 2.43. The van der Waals surface area contributed by atoms with Gasteiger partial charge in [-0.25, -0.2) is 0 Å². The molecule has 0 fully saturated rings. The summed E-state index contributed by atoms with van der Waals surface area (Å²) in [6.07, 6.45) is -10.4. The molecular formula is C5H6F6O3S. The zero-order chi connectivity index (χ0) is 12.5. The molecule has 10 heteroatoms. The van der Waals surface area contributed by atoms with Crippen molar-refractivity contribution in [1.29, 1.82) is 0 Å². The van der Waals surface area contributed by atoms with Gasteiger partial charge >= 0.3 is 12.5 Å². The van der Waals surface area contributed by atoms with Gasteiger partial charge in [-0.3, -0.25) is 0 Å². The Hall–Kier alpha value is -0.510. The van der Waals surface area contributed by atoms with E-state index < -0.39 is 34.3 Å². The fourth-order valence-corrected chi connectivity index (χ4v) is 1.74. The third-order valence-corrected chi connectivity index (χ3v) is 2.59. The highest BCUT2D eigenvalue weighted by molar-refractivity contribution is 7.86. The quantitative estimate of drug-likeness (QED) is 0.576. The van der Waals surface area contributed by atoms with Gasteiger partial charge in [0.2, 0.25) is 0 Å². The van der Waals surface area contributed by atoms with Crippen LogP contribution in [0.15, 0.2) is 0 Å². The third-order valence-electron chi connectivity index (χ3n) is 1.23. The van der Waals surface area contributed by atoms with Crippen molar-refractivity contribution < 1.29 is 38.9 Å². The van der Waals surface area contributed by atoms with Crippen LogP contribution in [0.4, 0.5) is 26.3 Å². The van der Waals surface area contributed by atoms with Gasteiger partial charge in [0.25, 0.3) is 10.1 Å². The molecule has 0 aliphatic carbocycles. The Morgan fingerprint density at radius 3 is 1.80 bits per heavy atom. The lowest BCUT2D eigenvalue weighted by molar-refractivity contribution is -0.272. The van der Waals surface area contributed by atoms with Crippen LogP contribution in [0.25, 0.3) is 0 Å². The van der Waals surface area contributed by atoms with Gasteiger partial charge in [0.05, 0.1) is 11.7 Å². The molecule has 1 atom stereocenters. The standard InChI is InChI=1S/C5H6F6O3S/c1-3(4(6,7)8)2-15(12,13)14-5(9,10)11/h3H,2H2,1H3. The molecule has 0 aromatic rings. The summed E-state index contributed by atoms with van der Waals surface area (Å²) in [5.74, 6) is -4.19. The number of rotatable bonds is 3. The lowest BCUT2D eigenvalue weighted by atomic mass is 10.2. The second-order valence-electron chi connectivity index (χ2n) is 2.70. The first-order valence-corrected chi connectivity index (χ1v) is 4.98. The molecule has 0 aliphatic heterocycles. The molecule has 0 aromatic carbocycles. The van der Waals surface area contributed by atoms with Gasteiger partial charge in [-0.1, -0.05) is 6.92 Å². The van der Waals surface area contributed by atoms with Gasteiger partial charge in [0.1, 0.15) is 0 Å². The topological polar surface area (TPSA) is 43.4 Å². The molecule has 92 valence electrons. The van der Waals surface area contributed by atoms with Crippen molar-refractivity contribution in [2.24, 2.45) is 5.92 Å². The molecule has 15 heavy (non-hydrogen) atoms. The molecule has 0 spiro atoms. The molecule has 0 aliphatic rings. The first kappa shape index (κ1) is 14.5. The summed E-state index contributed by atoms with van der Waals surface area (Å²) < 4.78 is 93.2. The summed E-state index contributed by atoms with van der Waals surface area (Å²) in [5, 5.41) is 0. The van der Waals surface area contributed by atoms with Crippen LogP contribution in [0, 0.1) is 5.92 Å². The fourth-order valence-electron chi connectivity index (χ4n) is 0.579. The first-order chi connectivity index (χ1) is 6.33. The van der Waals surface area contributed by atoms with E-state index in [1.165, 1.54) is 0 Å². The minimum Gasteiger partial charge on any atom is -0.199 e. The van der Waals surface area contributed by atoms with Crippen LogP contribution in [0.2, 0.25) is 0 Å². The summed E-state index contributed by atoms with van der Waals surface area (Å²) in [5.41, 5.74) is 0. The van der Waals surface area contributed by atoms with Crippen LogP contribution >= 0.6 is 0 Å². The van der Waals surface area contributed by atoms with Crippen molar-refractivity contribution in [3.05, 3.63) is 0 Å². The van der Waals surface area contributed by atoms with Crippen LogP contribution in [-0.2, 0) is 14.3 Å². The average molecular weight is 260 g/mol. The number of halogens is 6. The lowest BCUT2D eigenvalue weighted by Crippen LogP contribution is -2.31. The molecule has 0 saturated heterocycles. The SMILES string of the molecule is CC(CS(=O)(=O)OC(F)(F)F)C(F)(F)F. The Bertz CT molecular complexity index is 302. The smallest absolute Gasteiger partial charge is 0.199 e. The van der Waals surface area contributed by atoms with Gasteiger partial charge in [-0.2, -0.15) is 25.8 Å². The van der Waals surface area contributed by atoms with Crippen molar-refractivity contribution >= 4 is 10.1 Å². The molecule has 0 rings (SSSR count). The van der Waals surface area contributed by atoms with Gasteiger partial charge in [0.15, 0.2) is 0 Å². The molecule has 0 heterocycles. The zero-order valence-corrected chi connectivity index (χ0v) is 8.00. The second kappa shape index (κ2) is 4.16. The minimum atomic E-state index is -5.51. The maximum absolute atomic E-state index is 11.8. The molecule has 0 aromatic heterocycles. The second-order valence-corrected chi connectivity index (χ2v) is 4.31. The van der Waals surface area contributed by atoms with Crippen molar-refractivity contribution in [1.82, 2.24) is 0 Å². The summed E-state index contributed by atoms with van der Waals surface area (Å²) >= 11 is 0. The van der Waals surface area contributed by atoms with Gasteiger partial charge < -0.3 is 0 Å². The minimum absolute atomic E-state index is 0.442. The molecule has 0 N–H and O–H groups in total. The fraction of sp³-hybridized carbons (Fsp3) is 1.00. The summed E-state index contributed by atoms with van der Waals surface area (Å²) in [6, 6.07) is 0. The average Bonchev–Trinajstić information content (AvgIpc) is 1.76. The first-order valence-electron chi connectivity index (χ1n) is 3.40. The summed E-state index contributed by atoms with van der Waals surface area (Å²) in [6.45, 7) is 0.442. The van der Waals surface area contributed by atoms with Gasteiger partial charge in [0, 0.05) is 0 Å². The maximum Gasteiger partial charge on any atom is 0.537 e. The van der Waals surface area contributed by atoms with E-state index in [4.69, 9.17) is 0 Å². The Morgan fingerprint density at radius 2 is 1.53 bits per heavy atom. The monoisotopic (exact) mass is 260 g/mol. The van der Waals surface area contributed by atoms with E-state index in [-0.39, 0.29) is 0 Å². The molecule has 1 unspecified atom stereocenters. The largest absolute Gasteiger partial charge is 0.537 e. The molecule has 0 bridgehead atoms. The van der Waals surface area contributed by atoms with Gasteiger partial charge in [-0.15, -0.1) is 13.2 Å². The van der Waals surface area contributed by atoms with E-state index in [2.05, 4.69) is 4.18 Å². The van der Waals surface area contributed by atoms with Crippen molar-refractivity contribution in [2.45, 2.75) is 19.5 Å². The van der Waals surface area contributed by atoms with Crippen LogP contribution in [0.5, 0.6) is 0 Å². The van der Waals surface area contributed by atoms with E-state index in [1.54, 1.807) is 0 Å². The Morgan fingerprint density at radius 1 is 1.13 bits per heavy atom. The maximum atomic E-state index is 11.8. The summed E-state index contributed by atoms with van der Waals surface area (Å²) in [4.78, 5) is 0. The molecule has 0 amide bonds. The predicted octanol–water partition coefficient (Wildman–Crippen LogP) is 2.05. The van der Waals surface area contributed by atoms with Gasteiger partial charge in [-0.05, 0) is 0 Å².